The van der Waals surface area contributed by atoms with E-state index in [0.29, 0.717) is 18.0 Å². The maximum absolute atomic E-state index is 12.5. The summed E-state index contributed by atoms with van der Waals surface area (Å²) in [7, 11) is 1.62. The molecule has 0 aliphatic heterocycles. The summed E-state index contributed by atoms with van der Waals surface area (Å²) in [6.07, 6.45) is 3.26. The van der Waals surface area contributed by atoms with Crippen molar-refractivity contribution in [3.05, 3.63) is 83.7 Å². The predicted octanol–water partition coefficient (Wildman–Crippen LogP) is 4.89. The van der Waals surface area contributed by atoms with Crippen LogP contribution < -0.4 is 15.4 Å². The molecule has 1 aromatic heterocycles. The summed E-state index contributed by atoms with van der Waals surface area (Å²) in [5, 5.41) is 6.21. The lowest BCUT2D eigenvalue weighted by molar-refractivity contribution is 0.0950. The average Bonchev–Trinajstić information content (AvgIpc) is 2.72. The molecule has 3 aromatic rings. The Balaban J connectivity index is 1.66. The Labute approximate surface area is 165 Å². The number of amides is 1. The number of carbonyl (C=O) groups excluding carboxylic acids is 1. The van der Waals surface area contributed by atoms with E-state index in [4.69, 9.17) is 4.74 Å². The number of hydrogen-bond donors (Lipinski definition) is 2. The summed E-state index contributed by atoms with van der Waals surface area (Å²) in [5.41, 5.74) is 4.43. The van der Waals surface area contributed by atoms with Crippen molar-refractivity contribution >= 4 is 17.3 Å². The van der Waals surface area contributed by atoms with Crippen molar-refractivity contribution in [3.8, 4) is 5.75 Å². The predicted molar refractivity (Wildman–Crippen MR) is 112 cm³/mol. The van der Waals surface area contributed by atoms with Crippen LogP contribution in [0.1, 0.15) is 41.3 Å². The standard InChI is InChI=1S/C23H25N3O2/c1-16(2)17-8-10-20(11-9-17)26-21-12-19(13-24-15-21)23(27)25-14-18-6-4-5-7-22(18)28-3/h4-13,15-16,26H,14H2,1-3H3,(H,25,27). The van der Waals surface area contributed by atoms with Crippen LogP contribution in [0.4, 0.5) is 11.4 Å². The minimum Gasteiger partial charge on any atom is -0.496 e. The van der Waals surface area contributed by atoms with E-state index in [9.17, 15) is 4.79 Å². The molecule has 1 heterocycles. The minimum absolute atomic E-state index is 0.183. The molecule has 0 saturated heterocycles. The topological polar surface area (TPSA) is 63.2 Å². The lowest BCUT2D eigenvalue weighted by atomic mass is 10.0. The second-order valence-electron chi connectivity index (χ2n) is 6.86. The molecule has 0 saturated carbocycles. The highest BCUT2D eigenvalue weighted by molar-refractivity contribution is 5.94. The molecule has 0 radical (unpaired) electrons. The van der Waals surface area contributed by atoms with E-state index in [0.717, 1.165) is 22.7 Å². The molecule has 5 nitrogen and oxygen atoms in total. The summed E-state index contributed by atoms with van der Waals surface area (Å²) >= 11 is 0. The normalized spacial score (nSPS) is 10.6. The SMILES string of the molecule is COc1ccccc1CNC(=O)c1cncc(Nc2ccc(C(C)C)cc2)c1. The highest BCUT2D eigenvalue weighted by atomic mass is 16.5. The molecule has 0 unspecified atom stereocenters. The molecule has 0 fully saturated rings. The van der Waals surface area contributed by atoms with Crippen LogP contribution in [0.3, 0.4) is 0 Å². The number of nitrogens with one attached hydrogen (secondary N) is 2. The van der Waals surface area contributed by atoms with Gasteiger partial charge in [0.05, 0.1) is 24.6 Å². The number of aromatic nitrogens is 1. The smallest absolute Gasteiger partial charge is 0.253 e. The Morgan fingerprint density at radius 2 is 1.79 bits per heavy atom. The molecule has 144 valence electrons. The third kappa shape index (κ3) is 4.88. The second-order valence-corrected chi connectivity index (χ2v) is 6.86. The molecule has 5 heteroatoms. The number of methoxy groups -OCH3 is 1. The van der Waals surface area contributed by atoms with Gasteiger partial charge in [-0.2, -0.15) is 0 Å². The van der Waals surface area contributed by atoms with Crippen molar-refractivity contribution in [3.63, 3.8) is 0 Å². The van der Waals surface area contributed by atoms with Gasteiger partial charge in [-0.3, -0.25) is 9.78 Å². The Bertz CT molecular complexity index is 937. The number of benzene rings is 2. The van der Waals surface area contributed by atoms with Gasteiger partial charge in [0.2, 0.25) is 0 Å². The molecular formula is C23H25N3O2. The monoisotopic (exact) mass is 375 g/mol. The molecular weight excluding hydrogens is 350 g/mol. The van der Waals surface area contributed by atoms with Crippen LogP contribution in [0, 0.1) is 0 Å². The van der Waals surface area contributed by atoms with E-state index in [-0.39, 0.29) is 5.91 Å². The van der Waals surface area contributed by atoms with Crippen molar-refractivity contribution in [2.24, 2.45) is 0 Å². The van der Waals surface area contributed by atoms with E-state index in [1.54, 1.807) is 25.6 Å². The number of ether oxygens (including phenoxy) is 1. The van der Waals surface area contributed by atoms with Gasteiger partial charge in [0, 0.05) is 24.0 Å². The molecule has 2 aromatic carbocycles. The number of hydrogen-bond acceptors (Lipinski definition) is 4. The zero-order valence-electron chi connectivity index (χ0n) is 16.4. The maximum atomic E-state index is 12.5. The van der Waals surface area contributed by atoms with Gasteiger partial charge in [0.25, 0.3) is 5.91 Å². The van der Waals surface area contributed by atoms with Crippen molar-refractivity contribution in [2.75, 3.05) is 12.4 Å². The number of pyridine rings is 1. The van der Waals surface area contributed by atoms with Gasteiger partial charge in [-0.15, -0.1) is 0 Å². The van der Waals surface area contributed by atoms with Gasteiger partial charge in [-0.1, -0.05) is 44.2 Å². The molecule has 0 aliphatic carbocycles. The van der Waals surface area contributed by atoms with Crippen molar-refractivity contribution in [1.82, 2.24) is 10.3 Å². The molecule has 0 spiro atoms. The van der Waals surface area contributed by atoms with Crippen molar-refractivity contribution in [2.45, 2.75) is 26.3 Å². The summed E-state index contributed by atoms with van der Waals surface area (Å²) in [6.45, 7) is 4.72. The number of rotatable bonds is 7. The van der Waals surface area contributed by atoms with Gasteiger partial charge < -0.3 is 15.4 Å². The van der Waals surface area contributed by atoms with Crippen LogP contribution in [0.25, 0.3) is 0 Å². The molecule has 28 heavy (non-hydrogen) atoms. The molecule has 2 N–H and O–H groups in total. The van der Waals surface area contributed by atoms with Crippen LogP contribution >= 0.6 is 0 Å². The number of carbonyl (C=O) groups is 1. The summed E-state index contributed by atoms with van der Waals surface area (Å²) < 4.78 is 5.32. The molecule has 0 atom stereocenters. The number of para-hydroxylation sites is 1. The molecule has 1 amide bonds. The Kier molecular flexibility index (Phi) is 6.27. The maximum Gasteiger partial charge on any atom is 0.253 e. The van der Waals surface area contributed by atoms with Crippen LogP contribution in [0.2, 0.25) is 0 Å². The first-order valence-electron chi connectivity index (χ1n) is 9.29. The van der Waals surface area contributed by atoms with Crippen molar-refractivity contribution < 1.29 is 9.53 Å². The van der Waals surface area contributed by atoms with E-state index >= 15 is 0 Å². The molecule has 0 aliphatic rings. The molecule has 3 rings (SSSR count). The summed E-state index contributed by atoms with van der Waals surface area (Å²) in [5.74, 6) is 1.06. The lowest BCUT2D eigenvalue weighted by Gasteiger charge is -2.11. The average molecular weight is 375 g/mol. The fourth-order valence-electron chi connectivity index (χ4n) is 2.88. The van der Waals surface area contributed by atoms with Crippen LogP contribution in [-0.4, -0.2) is 18.0 Å². The molecule has 0 bridgehead atoms. The van der Waals surface area contributed by atoms with Gasteiger partial charge in [-0.05, 0) is 35.7 Å². The van der Waals surface area contributed by atoms with E-state index in [1.165, 1.54) is 5.56 Å². The first-order valence-corrected chi connectivity index (χ1v) is 9.29. The van der Waals surface area contributed by atoms with Gasteiger partial charge in [0.15, 0.2) is 0 Å². The fourth-order valence-corrected chi connectivity index (χ4v) is 2.88. The largest absolute Gasteiger partial charge is 0.496 e. The Morgan fingerprint density at radius 1 is 1.04 bits per heavy atom. The van der Waals surface area contributed by atoms with Gasteiger partial charge in [-0.25, -0.2) is 0 Å². The fraction of sp³-hybridized carbons (Fsp3) is 0.217. The van der Waals surface area contributed by atoms with Crippen LogP contribution in [0.5, 0.6) is 5.75 Å². The third-order valence-corrected chi connectivity index (χ3v) is 4.50. The zero-order chi connectivity index (χ0) is 19.9. The lowest BCUT2D eigenvalue weighted by Crippen LogP contribution is -2.23. The number of anilines is 2. The highest BCUT2D eigenvalue weighted by Gasteiger charge is 2.09. The zero-order valence-corrected chi connectivity index (χ0v) is 16.4. The highest BCUT2D eigenvalue weighted by Crippen LogP contribution is 2.21. The van der Waals surface area contributed by atoms with Crippen molar-refractivity contribution in [1.29, 1.82) is 0 Å². The first-order chi connectivity index (χ1) is 13.6. The van der Waals surface area contributed by atoms with E-state index in [1.807, 2.05) is 36.4 Å². The quantitative estimate of drug-likeness (QED) is 0.617. The minimum atomic E-state index is -0.183. The summed E-state index contributed by atoms with van der Waals surface area (Å²) in [4.78, 5) is 16.7. The number of nitrogens with zero attached hydrogens (tertiary/aromatic N) is 1. The summed E-state index contributed by atoms with van der Waals surface area (Å²) in [6, 6.07) is 17.7. The van der Waals surface area contributed by atoms with Gasteiger partial charge in [0.1, 0.15) is 5.75 Å². The third-order valence-electron chi connectivity index (χ3n) is 4.50. The van der Waals surface area contributed by atoms with Crippen LogP contribution in [-0.2, 0) is 6.54 Å². The second kappa shape index (κ2) is 9.04. The Morgan fingerprint density at radius 3 is 2.50 bits per heavy atom. The first kappa shape index (κ1) is 19.4. The van der Waals surface area contributed by atoms with E-state index < -0.39 is 0 Å². The van der Waals surface area contributed by atoms with Crippen LogP contribution in [0.15, 0.2) is 67.0 Å². The van der Waals surface area contributed by atoms with Gasteiger partial charge >= 0.3 is 0 Å². The Hall–Kier alpha value is -3.34. The van der Waals surface area contributed by atoms with E-state index in [2.05, 4.69) is 41.6 Å².